The number of nitriles is 1. The molecule has 0 unspecified atom stereocenters. The number of nitro groups is 1. The van der Waals surface area contributed by atoms with E-state index in [1.54, 1.807) is 30.3 Å². The Bertz CT molecular complexity index is 1220. The van der Waals surface area contributed by atoms with Gasteiger partial charge in [0.1, 0.15) is 5.75 Å². The lowest BCUT2D eigenvalue weighted by Gasteiger charge is -2.14. The van der Waals surface area contributed by atoms with Gasteiger partial charge in [-0.25, -0.2) is 0 Å². The second kappa shape index (κ2) is 8.62. The third kappa shape index (κ3) is 4.04. The number of halogens is 2. The zero-order valence-electron chi connectivity index (χ0n) is 16.4. The molecule has 0 saturated carbocycles. The molecule has 0 atom stereocenters. The number of aryl methyl sites for hydroxylation is 1. The Morgan fingerprint density at radius 2 is 1.90 bits per heavy atom. The van der Waals surface area contributed by atoms with Gasteiger partial charge in [0.25, 0.3) is 5.69 Å². The molecule has 0 radical (unpaired) electrons. The number of aromatic nitrogens is 1. The predicted molar refractivity (Wildman–Crippen MR) is 118 cm³/mol. The summed E-state index contributed by atoms with van der Waals surface area (Å²) < 4.78 is 7.31. The van der Waals surface area contributed by atoms with Crippen LogP contribution in [0.4, 0.5) is 5.69 Å². The molecule has 0 N–H and O–H groups in total. The van der Waals surface area contributed by atoms with Gasteiger partial charge in [-0.05, 0) is 55.3 Å². The number of methoxy groups -OCH3 is 1. The van der Waals surface area contributed by atoms with Gasteiger partial charge in [-0.1, -0.05) is 29.3 Å². The minimum absolute atomic E-state index is 0.0513. The number of non-ortho nitro benzene ring substituents is 1. The minimum atomic E-state index is -0.466. The highest BCUT2D eigenvalue weighted by molar-refractivity contribution is 6.42. The SMILES string of the molecule is COc1cc([N+](=O)[O-])ccc1-n1c(C)cc(/C=C(/C#N)c2ccc(Cl)c(Cl)c2)c1C. The van der Waals surface area contributed by atoms with Crippen molar-refractivity contribution in [3.05, 3.63) is 85.1 Å². The number of nitrogens with zero attached hydrogens (tertiary/aromatic N) is 3. The smallest absolute Gasteiger partial charge is 0.273 e. The van der Waals surface area contributed by atoms with Gasteiger partial charge >= 0.3 is 0 Å². The van der Waals surface area contributed by atoms with Crippen LogP contribution < -0.4 is 4.74 Å². The van der Waals surface area contributed by atoms with Crippen LogP contribution in [0.5, 0.6) is 5.75 Å². The summed E-state index contributed by atoms with van der Waals surface area (Å²) in [4.78, 5) is 10.6. The van der Waals surface area contributed by atoms with Crippen molar-refractivity contribution >= 4 is 40.5 Å². The van der Waals surface area contributed by atoms with Gasteiger partial charge in [-0.2, -0.15) is 5.26 Å². The average Bonchev–Trinajstić information content (AvgIpc) is 3.00. The van der Waals surface area contributed by atoms with Crippen LogP contribution in [0.25, 0.3) is 17.3 Å². The van der Waals surface area contributed by atoms with Gasteiger partial charge in [0.2, 0.25) is 0 Å². The first-order valence-electron chi connectivity index (χ1n) is 8.85. The van der Waals surface area contributed by atoms with Crippen LogP contribution in [0, 0.1) is 35.3 Å². The molecule has 0 aliphatic rings. The number of hydrogen-bond acceptors (Lipinski definition) is 4. The Hall–Kier alpha value is -3.27. The highest BCUT2D eigenvalue weighted by Gasteiger charge is 2.17. The number of nitro benzene ring substituents is 1. The van der Waals surface area contributed by atoms with Crippen LogP contribution in [0.15, 0.2) is 42.5 Å². The van der Waals surface area contributed by atoms with Gasteiger partial charge < -0.3 is 9.30 Å². The molecule has 0 amide bonds. The lowest BCUT2D eigenvalue weighted by molar-refractivity contribution is -0.384. The van der Waals surface area contributed by atoms with Gasteiger partial charge in [-0.3, -0.25) is 10.1 Å². The number of rotatable bonds is 5. The summed E-state index contributed by atoms with van der Waals surface area (Å²) in [5.41, 5.74) is 4.28. The molecule has 0 aliphatic carbocycles. The molecule has 1 aromatic heterocycles. The Morgan fingerprint density at radius 3 is 2.50 bits per heavy atom. The van der Waals surface area contributed by atoms with Gasteiger partial charge in [0, 0.05) is 17.5 Å². The van der Waals surface area contributed by atoms with Crippen molar-refractivity contribution in [2.45, 2.75) is 13.8 Å². The molecule has 0 bridgehead atoms. The molecule has 152 valence electrons. The van der Waals surface area contributed by atoms with E-state index in [0.717, 1.165) is 17.0 Å². The molecule has 30 heavy (non-hydrogen) atoms. The van der Waals surface area contributed by atoms with Crippen molar-refractivity contribution in [3.63, 3.8) is 0 Å². The van der Waals surface area contributed by atoms with Crippen LogP contribution in [0.1, 0.15) is 22.5 Å². The Balaban J connectivity index is 2.12. The molecular weight excluding hydrogens is 425 g/mol. The van der Waals surface area contributed by atoms with E-state index in [9.17, 15) is 15.4 Å². The first-order chi connectivity index (χ1) is 14.3. The summed E-state index contributed by atoms with van der Waals surface area (Å²) in [6.07, 6.45) is 1.77. The number of ether oxygens (including phenoxy) is 1. The van der Waals surface area contributed by atoms with Gasteiger partial charge in [-0.15, -0.1) is 0 Å². The van der Waals surface area contributed by atoms with E-state index in [4.69, 9.17) is 27.9 Å². The molecule has 0 saturated heterocycles. The molecule has 0 aliphatic heterocycles. The second-order valence-corrected chi connectivity index (χ2v) is 7.39. The van der Waals surface area contributed by atoms with Gasteiger partial charge in [0.05, 0.1) is 45.5 Å². The molecular formula is C22H17Cl2N3O3. The van der Waals surface area contributed by atoms with Crippen LogP contribution in [0.3, 0.4) is 0 Å². The van der Waals surface area contributed by atoms with Gasteiger partial charge in [0.15, 0.2) is 0 Å². The van der Waals surface area contributed by atoms with Crippen LogP contribution in [-0.2, 0) is 0 Å². The Kier molecular flexibility index (Phi) is 6.16. The zero-order valence-corrected chi connectivity index (χ0v) is 18.0. The highest BCUT2D eigenvalue weighted by Crippen LogP contribution is 2.33. The molecule has 1 heterocycles. The predicted octanol–water partition coefficient (Wildman–Crippen LogP) is 6.38. The average molecular weight is 442 g/mol. The molecule has 8 heteroatoms. The highest BCUT2D eigenvalue weighted by atomic mass is 35.5. The van der Waals surface area contributed by atoms with E-state index in [-0.39, 0.29) is 5.69 Å². The first-order valence-corrected chi connectivity index (χ1v) is 9.61. The molecule has 3 aromatic rings. The number of allylic oxidation sites excluding steroid dienone is 1. The summed E-state index contributed by atoms with van der Waals surface area (Å²) in [6, 6.07) is 13.6. The summed E-state index contributed by atoms with van der Waals surface area (Å²) in [5, 5.41) is 21.5. The van der Waals surface area contributed by atoms with E-state index >= 15 is 0 Å². The first kappa shape index (κ1) is 21.4. The van der Waals surface area contributed by atoms with Crippen molar-refractivity contribution in [3.8, 4) is 17.5 Å². The van der Waals surface area contributed by atoms with Crippen LogP contribution in [-0.4, -0.2) is 16.6 Å². The van der Waals surface area contributed by atoms with Crippen molar-refractivity contribution in [1.82, 2.24) is 4.57 Å². The summed E-state index contributed by atoms with van der Waals surface area (Å²) in [7, 11) is 1.47. The lowest BCUT2D eigenvalue weighted by atomic mass is 10.0. The second-order valence-electron chi connectivity index (χ2n) is 6.57. The fourth-order valence-electron chi connectivity index (χ4n) is 3.27. The van der Waals surface area contributed by atoms with Crippen molar-refractivity contribution in [2.75, 3.05) is 7.11 Å². The van der Waals surface area contributed by atoms with E-state index in [1.165, 1.54) is 19.2 Å². The summed E-state index contributed by atoms with van der Waals surface area (Å²) >= 11 is 12.1. The minimum Gasteiger partial charge on any atom is -0.494 e. The van der Waals surface area contributed by atoms with E-state index < -0.39 is 4.92 Å². The molecule has 0 spiro atoms. The molecule has 3 rings (SSSR count). The monoisotopic (exact) mass is 441 g/mol. The maximum Gasteiger partial charge on any atom is 0.273 e. The third-order valence-corrected chi connectivity index (χ3v) is 5.48. The third-order valence-electron chi connectivity index (χ3n) is 4.74. The molecule has 0 fully saturated rings. The fraction of sp³-hybridized carbons (Fsp3) is 0.136. The maximum atomic E-state index is 11.1. The van der Waals surface area contributed by atoms with E-state index in [1.807, 2.05) is 24.5 Å². The quantitative estimate of drug-likeness (QED) is 0.261. The Morgan fingerprint density at radius 1 is 1.17 bits per heavy atom. The number of hydrogen-bond donors (Lipinski definition) is 0. The summed E-state index contributed by atoms with van der Waals surface area (Å²) in [6.45, 7) is 3.82. The topological polar surface area (TPSA) is 81.1 Å². The molecule has 6 nitrogen and oxygen atoms in total. The lowest BCUT2D eigenvalue weighted by Crippen LogP contribution is -2.03. The summed E-state index contributed by atoms with van der Waals surface area (Å²) in [5.74, 6) is 0.381. The van der Waals surface area contributed by atoms with E-state index in [2.05, 4.69) is 6.07 Å². The Labute approximate surface area is 183 Å². The number of benzene rings is 2. The van der Waals surface area contributed by atoms with E-state index in [0.29, 0.717) is 32.6 Å². The fourth-order valence-corrected chi connectivity index (χ4v) is 3.57. The maximum absolute atomic E-state index is 11.1. The van der Waals surface area contributed by atoms with Crippen molar-refractivity contribution in [2.24, 2.45) is 0 Å². The van der Waals surface area contributed by atoms with Crippen molar-refractivity contribution in [1.29, 1.82) is 5.26 Å². The standard InChI is InChI=1S/C22H17Cl2N3O3/c1-13-8-16(9-17(12-25)15-4-6-19(23)20(24)10-15)14(2)26(13)21-7-5-18(27(28)29)11-22(21)30-3/h4-11H,1-3H3/b17-9-. The molecule has 2 aromatic carbocycles. The normalized spacial score (nSPS) is 11.3. The largest absolute Gasteiger partial charge is 0.494 e. The van der Waals surface area contributed by atoms with Crippen molar-refractivity contribution < 1.29 is 9.66 Å². The van der Waals surface area contributed by atoms with Crippen LogP contribution in [0.2, 0.25) is 10.0 Å². The van der Waals surface area contributed by atoms with Crippen LogP contribution >= 0.6 is 23.2 Å². The zero-order chi connectivity index (χ0) is 22.0.